The van der Waals surface area contributed by atoms with Crippen LogP contribution in [-0.2, 0) is 6.61 Å². The van der Waals surface area contributed by atoms with Crippen molar-refractivity contribution in [3.63, 3.8) is 0 Å². The smallest absolute Gasteiger partial charge is 0.225 e. The first-order valence-electron chi connectivity index (χ1n) is 7.45. The number of ether oxygens (including phenoxy) is 1. The molecule has 0 amide bonds. The van der Waals surface area contributed by atoms with Crippen LogP contribution in [0.2, 0.25) is 0 Å². The van der Waals surface area contributed by atoms with Gasteiger partial charge in [-0.15, -0.1) is 0 Å². The van der Waals surface area contributed by atoms with Crippen LogP contribution < -0.4 is 15.4 Å². The van der Waals surface area contributed by atoms with Gasteiger partial charge >= 0.3 is 0 Å². The molecule has 1 aliphatic heterocycles. The predicted molar refractivity (Wildman–Crippen MR) is 86.9 cm³/mol. The SMILES string of the molecule is CN1CCN(c2cc(OCc3ccccc3)nc(N)n2)CC1. The molecule has 1 aromatic carbocycles. The Hall–Kier alpha value is -2.34. The second-order valence-electron chi connectivity index (χ2n) is 5.49. The Morgan fingerprint density at radius 1 is 1.09 bits per heavy atom. The van der Waals surface area contributed by atoms with Crippen LogP contribution >= 0.6 is 0 Å². The average Bonchev–Trinajstić information content (AvgIpc) is 2.54. The summed E-state index contributed by atoms with van der Waals surface area (Å²) in [5.41, 5.74) is 6.92. The van der Waals surface area contributed by atoms with Gasteiger partial charge in [0.1, 0.15) is 12.4 Å². The minimum Gasteiger partial charge on any atom is -0.473 e. The van der Waals surface area contributed by atoms with E-state index in [1.54, 1.807) is 0 Å². The molecule has 1 aliphatic rings. The minimum atomic E-state index is 0.250. The van der Waals surface area contributed by atoms with E-state index in [0.717, 1.165) is 37.6 Å². The number of hydrogen-bond donors (Lipinski definition) is 1. The van der Waals surface area contributed by atoms with Gasteiger partial charge < -0.3 is 20.3 Å². The van der Waals surface area contributed by atoms with Crippen LogP contribution in [0.5, 0.6) is 5.88 Å². The van der Waals surface area contributed by atoms with Gasteiger partial charge in [-0.25, -0.2) is 0 Å². The number of rotatable bonds is 4. The zero-order valence-electron chi connectivity index (χ0n) is 12.8. The zero-order valence-corrected chi connectivity index (χ0v) is 12.8. The van der Waals surface area contributed by atoms with Crippen LogP contribution in [-0.4, -0.2) is 48.1 Å². The number of aromatic nitrogens is 2. The van der Waals surface area contributed by atoms with E-state index in [2.05, 4.69) is 26.8 Å². The van der Waals surface area contributed by atoms with Crippen molar-refractivity contribution >= 4 is 11.8 Å². The van der Waals surface area contributed by atoms with Crippen molar-refractivity contribution < 1.29 is 4.74 Å². The van der Waals surface area contributed by atoms with E-state index >= 15 is 0 Å². The van der Waals surface area contributed by atoms with Crippen LogP contribution in [0.25, 0.3) is 0 Å². The Morgan fingerprint density at radius 3 is 2.55 bits per heavy atom. The van der Waals surface area contributed by atoms with Crippen molar-refractivity contribution in [3.8, 4) is 5.88 Å². The van der Waals surface area contributed by atoms with Crippen LogP contribution in [0.4, 0.5) is 11.8 Å². The molecule has 3 rings (SSSR count). The number of piperazine rings is 1. The summed E-state index contributed by atoms with van der Waals surface area (Å²) >= 11 is 0. The highest BCUT2D eigenvalue weighted by atomic mass is 16.5. The van der Waals surface area contributed by atoms with E-state index in [0.29, 0.717) is 12.5 Å². The molecule has 116 valence electrons. The molecule has 0 bridgehead atoms. The molecular weight excluding hydrogens is 278 g/mol. The highest BCUT2D eigenvalue weighted by Gasteiger charge is 2.17. The molecule has 1 aromatic heterocycles. The molecule has 0 aliphatic carbocycles. The van der Waals surface area contributed by atoms with Gasteiger partial charge in [0, 0.05) is 32.2 Å². The van der Waals surface area contributed by atoms with E-state index < -0.39 is 0 Å². The van der Waals surface area contributed by atoms with E-state index in [1.165, 1.54) is 0 Å². The molecular formula is C16H21N5O. The van der Waals surface area contributed by atoms with Crippen molar-refractivity contribution in [1.82, 2.24) is 14.9 Å². The van der Waals surface area contributed by atoms with E-state index in [1.807, 2.05) is 36.4 Å². The molecule has 2 heterocycles. The van der Waals surface area contributed by atoms with Gasteiger partial charge in [-0.05, 0) is 12.6 Å². The maximum absolute atomic E-state index is 5.82. The summed E-state index contributed by atoms with van der Waals surface area (Å²) in [4.78, 5) is 13.0. The van der Waals surface area contributed by atoms with Crippen molar-refractivity contribution in [1.29, 1.82) is 0 Å². The highest BCUT2D eigenvalue weighted by molar-refractivity contribution is 5.46. The fourth-order valence-electron chi connectivity index (χ4n) is 2.43. The molecule has 0 unspecified atom stereocenters. The van der Waals surface area contributed by atoms with Crippen LogP contribution in [0.1, 0.15) is 5.56 Å². The first-order valence-corrected chi connectivity index (χ1v) is 7.45. The average molecular weight is 299 g/mol. The number of hydrogen-bond acceptors (Lipinski definition) is 6. The van der Waals surface area contributed by atoms with Gasteiger partial charge in [0.05, 0.1) is 0 Å². The summed E-state index contributed by atoms with van der Waals surface area (Å²) in [5.74, 6) is 1.61. The molecule has 22 heavy (non-hydrogen) atoms. The third-order valence-electron chi connectivity index (χ3n) is 3.76. The third kappa shape index (κ3) is 3.65. The van der Waals surface area contributed by atoms with E-state index in [-0.39, 0.29) is 5.95 Å². The highest BCUT2D eigenvalue weighted by Crippen LogP contribution is 2.20. The number of anilines is 2. The van der Waals surface area contributed by atoms with Crippen molar-refractivity contribution in [2.75, 3.05) is 43.9 Å². The Bertz CT molecular complexity index is 611. The molecule has 6 nitrogen and oxygen atoms in total. The second kappa shape index (κ2) is 6.62. The first kappa shape index (κ1) is 14.6. The fraction of sp³-hybridized carbons (Fsp3) is 0.375. The summed E-state index contributed by atoms with van der Waals surface area (Å²) in [6.45, 7) is 4.38. The van der Waals surface area contributed by atoms with Gasteiger partial charge in [-0.3, -0.25) is 0 Å². The van der Waals surface area contributed by atoms with E-state index in [4.69, 9.17) is 10.5 Å². The first-order chi connectivity index (χ1) is 10.7. The quantitative estimate of drug-likeness (QED) is 0.920. The zero-order chi connectivity index (χ0) is 15.4. The standard InChI is InChI=1S/C16H21N5O/c1-20-7-9-21(10-8-20)14-11-15(19-16(17)18-14)22-12-13-5-3-2-4-6-13/h2-6,11H,7-10,12H2,1H3,(H2,17,18,19). The monoisotopic (exact) mass is 299 g/mol. The molecule has 2 N–H and O–H groups in total. The molecule has 0 atom stereocenters. The van der Waals surface area contributed by atoms with Crippen molar-refractivity contribution in [2.24, 2.45) is 0 Å². The second-order valence-corrected chi connectivity index (χ2v) is 5.49. The molecule has 0 saturated carbocycles. The van der Waals surface area contributed by atoms with Gasteiger partial charge in [0.2, 0.25) is 11.8 Å². The number of nitrogen functional groups attached to an aromatic ring is 1. The van der Waals surface area contributed by atoms with Crippen molar-refractivity contribution in [3.05, 3.63) is 42.0 Å². The van der Waals surface area contributed by atoms with Crippen LogP contribution in [0.15, 0.2) is 36.4 Å². The molecule has 6 heteroatoms. The Kier molecular flexibility index (Phi) is 4.39. The van der Waals surface area contributed by atoms with Crippen LogP contribution in [0.3, 0.4) is 0 Å². The lowest BCUT2D eigenvalue weighted by Crippen LogP contribution is -2.44. The summed E-state index contributed by atoms with van der Waals surface area (Å²) in [6.07, 6.45) is 0. The Morgan fingerprint density at radius 2 is 1.82 bits per heavy atom. The molecule has 1 fully saturated rings. The normalized spacial score (nSPS) is 15.8. The molecule has 2 aromatic rings. The summed E-state index contributed by atoms with van der Waals surface area (Å²) < 4.78 is 5.76. The Balaban J connectivity index is 1.70. The van der Waals surface area contributed by atoms with Crippen LogP contribution in [0, 0.1) is 0 Å². The summed E-state index contributed by atoms with van der Waals surface area (Å²) in [6, 6.07) is 11.9. The number of benzene rings is 1. The maximum atomic E-state index is 5.82. The predicted octanol–water partition coefficient (Wildman–Crippen LogP) is 1.39. The topological polar surface area (TPSA) is 67.5 Å². The van der Waals surface area contributed by atoms with Gasteiger partial charge in [0.25, 0.3) is 0 Å². The summed E-state index contributed by atoms with van der Waals surface area (Å²) in [7, 11) is 2.13. The number of nitrogens with zero attached hydrogens (tertiary/aromatic N) is 4. The van der Waals surface area contributed by atoms with Gasteiger partial charge in [-0.2, -0.15) is 9.97 Å². The van der Waals surface area contributed by atoms with E-state index in [9.17, 15) is 0 Å². The molecule has 0 radical (unpaired) electrons. The van der Waals surface area contributed by atoms with Gasteiger partial charge in [0.15, 0.2) is 0 Å². The third-order valence-corrected chi connectivity index (χ3v) is 3.76. The molecule has 0 spiro atoms. The lowest BCUT2D eigenvalue weighted by Gasteiger charge is -2.33. The van der Waals surface area contributed by atoms with Gasteiger partial charge in [-0.1, -0.05) is 30.3 Å². The van der Waals surface area contributed by atoms with Crippen molar-refractivity contribution in [2.45, 2.75) is 6.61 Å². The molecule has 1 saturated heterocycles. The summed E-state index contributed by atoms with van der Waals surface area (Å²) in [5, 5.41) is 0. The number of nitrogens with two attached hydrogens (primary N) is 1. The largest absolute Gasteiger partial charge is 0.473 e. The Labute approximate surface area is 130 Å². The minimum absolute atomic E-state index is 0.250. The lowest BCUT2D eigenvalue weighted by atomic mass is 10.2. The lowest BCUT2D eigenvalue weighted by molar-refractivity contribution is 0.292. The fourth-order valence-corrected chi connectivity index (χ4v) is 2.43. The maximum Gasteiger partial charge on any atom is 0.225 e. The number of likely N-dealkylation sites (N-methyl/N-ethyl adjacent to an activating group) is 1.